The van der Waals surface area contributed by atoms with Crippen molar-refractivity contribution in [1.82, 2.24) is 9.78 Å². The third-order valence-corrected chi connectivity index (χ3v) is 2.08. The fraction of sp³-hybridized carbons (Fsp3) is 0.182. The Morgan fingerprint density at radius 1 is 1.19 bits per heavy atom. The van der Waals surface area contributed by atoms with Crippen LogP contribution in [0.2, 0.25) is 0 Å². The minimum Gasteiger partial charge on any atom is -0.497 e. The van der Waals surface area contributed by atoms with Crippen molar-refractivity contribution in [2.75, 3.05) is 12.8 Å². The number of hydrogen-bond acceptors (Lipinski definition) is 4. The molecule has 1 aromatic heterocycles. The quantitative estimate of drug-likeness (QED) is 0.846. The van der Waals surface area contributed by atoms with E-state index in [2.05, 4.69) is 5.10 Å². The third-order valence-electron chi connectivity index (χ3n) is 2.08. The zero-order valence-corrected chi connectivity index (χ0v) is 8.96. The van der Waals surface area contributed by atoms with Crippen LogP contribution in [0, 0.1) is 0 Å². The number of rotatable bonds is 4. The van der Waals surface area contributed by atoms with Crippen molar-refractivity contribution >= 4 is 5.82 Å². The van der Waals surface area contributed by atoms with Crippen LogP contribution in [0.4, 0.5) is 5.82 Å². The number of nitrogens with two attached hydrogens (primary N) is 1. The Kier molecular flexibility index (Phi) is 2.95. The van der Waals surface area contributed by atoms with Crippen LogP contribution in [-0.2, 0) is 6.73 Å². The van der Waals surface area contributed by atoms with Crippen molar-refractivity contribution in [3.05, 3.63) is 36.5 Å². The molecular formula is C11H13N3O2. The highest BCUT2D eigenvalue weighted by molar-refractivity contribution is 5.31. The maximum absolute atomic E-state index is 5.49. The zero-order valence-electron chi connectivity index (χ0n) is 8.96. The number of aromatic nitrogens is 2. The Balaban J connectivity index is 1.94. The first-order valence-corrected chi connectivity index (χ1v) is 4.84. The van der Waals surface area contributed by atoms with E-state index in [9.17, 15) is 0 Å². The minimum absolute atomic E-state index is 0.337. The van der Waals surface area contributed by atoms with Crippen LogP contribution in [0.25, 0.3) is 0 Å². The molecule has 0 bridgehead atoms. The van der Waals surface area contributed by atoms with E-state index in [1.165, 1.54) is 0 Å². The number of nitrogen functional groups attached to an aromatic ring is 1. The molecule has 0 unspecified atom stereocenters. The largest absolute Gasteiger partial charge is 0.497 e. The van der Waals surface area contributed by atoms with Gasteiger partial charge in [-0.1, -0.05) is 0 Å². The van der Waals surface area contributed by atoms with E-state index < -0.39 is 0 Å². The van der Waals surface area contributed by atoms with Crippen LogP contribution >= 0.6 is 0 Å². The topological polar surface area (TPSA) is 62.3 Å². The molecule has 0 saturated heterocycles. The van der Waals surface area contributed by atoms with Gasteiger partial charge in [0.15, 0.2) is 6.73 Å². The van der Waals surface area contributed by atoms with Crippen LogP contribution in [0.3, 0.4) is 0 Å². The summed E-state index contributed by atoms with van der Waals surface area (Å²) in [6.07, 6.45) is 1.76. The summed E-state index contributed by atoms with van der Waals surface area (Å²) in [6, 6.07) is 9.08. The lowest BCUT2D eigenvalue weighted by molar-refractivity contribution is 0.221. The van der Waals surface area contributed by atoms with Gasteiger partial charge >= 0.3 is 0 Å². The third kappa shape index (κ3) is 2.44. The lowest BCUT2D eigenvalue weighted by atomic mass is 10.3. The van der Waals surface area contributed by atoms with Gasteiger partial charge < -0.3 is 15.2 Å². The lowest BCUT2D eigenvalue weighted by Gasteiger charge is -2.06. The second-order valence-electron chi connectivity index (χ2n) is 3.23. The maximum Gasteiger partial charge on any atom is 0.180 e. The first kappa shape index (κ1) is 10.4. The monoisotopic (exact) mass is 219 g/mol. The van der Waals surface area contributed by atoms with Gasteiger partial charge in [0.1, 0.15) is 17.3 Å². The molecule has 5 nitrogen and oxygen atoms in total. The van der Waals surface area contributed by atoms with E-state index in [-0.39, 0.29) is 0 Å². The van der Waals surface area contributed by atoms with E-state index in [0.717, 1.165) is 11.5 Å². The molecule has 0 spiro atoms. The second kappa shape index (κ2) is 4.57. The Morgan fingerprint density at radius 2 is 1.88 bits per heavy atom. The molecule has 0 aliphatic rings. The van der Waals surface area contributed by atoms with Crippen LogP contribution in [0.15, 0.2) is 36.5 Å². The van der Waals surface area contributed by atoms with Crippen LogP contribution in [-0.4, -0.2) is 16.9 Å². The van der Waals surface area contributed by atoms with Gasteiger partial charge in [0.25, 0.3) is 0 Å². The predicted molar refractivity (Wildman–Crippen MR) is 60.3 cm³/mol. The molecule has 0 amide bonds. The summed E-state index contributed by atoms with van der Waals surface area (Å²) in [5.74, 6) is 2.05. The van der Waals surface area contributed by atoms with Gasteiger partial charge in [-0.3, -0.25) is 0 Å². The molecule has 2 aromatic rings. The van der Waals surface area contributed by atoms with Crippen molar-refractivity contribution in [3.63, 3.8) is 0 Å². The van der Waals surface area contributed by atoms with E-state index >= 15 is 0 Å². The highest BCUT2D eigenvalue weighted by Gasteiger charge is 1.97. The van der Waals surface area contributed by atoms with Gasteiger partial charge in [-0.2, -0.15) is 5.10 Å². The van der Waals surface area contributed by atoms with Gasteiger partial charge in [0, 0.05) is 12.3 Å². The maximum atomic E-state index is 5.49. The predicted octanol–water partition coefficient (Wildman–Crippen LogP) is 1.51. The van der Waals surface area contributed by atoms with Gasteiger partial charge in [-0.25, -0.2) is 4.68 Å². The van der Waals surface area contributed by atoms with Crippen molar-refractivity contribution in [2.24, 2.45) is 0 Å². The Hall–Kier alpha value is -2.17. The lowest BCUT2D eigenvalue weighted by Crippen LogP contribution is -2.06. The van der Waals surface area contributed by atoms with Gasteiger partial charge in [-0.15, -0.1) is 0 Å². The SMILES string of the molecule is COc1ccc(OCn2ccc(N)n2)cc1. The molecule has 2 rings (SSSR count). The van der Waals surface area contributed by atoms with E-state index in [0.29, 0.717) is 12.5 Å². The molecule has 0 atom stereocenters. The Morgan fingerprint density at radius 3 is 2.44 bits per heavy atom. The first-order valence-electron chi connectivity index (χ1n) is 4.84. The standard InChI is InChI=1S/C11H13N3O2/c1-15-9-2-4-10(5-3-9)16-8-14-7-6-11(12)13-14/h2-7H,8H2,1H3,(H2,12,13). The fourth-order valence-corrected chi connectivity index (χ4v) is 1.26. The molecule has 1 aromatic carbocycles. The molecular weight excluding hydrogens is 206 g/mol. The summed E-state index contributed by atoms with van der Waals surface area (Å²) in [5, 5.41) is 4.00. The zero-order chi connectivity index (χ0) is 11.4. The van der Waals surface area contributed by atoms with Gasteiger partial charge in [0.05, 0.1) is 7.11 Å². The molecule has 16 heavy (non-hydrogen) atoms. The summed E-state index contributed by atoms with van der Waals surface area (Å²) >= 11 is 0. The number of hydrogen-bond donors (Lipinski definition) is 1. The van der Waals surface area contributed by atoms with E-state index in [1.807, 2.05) is 24.3 Å². The number of nitrogens with zero attached hydrogens (tertiary/aromatic N) is 2. The molecule has 84 valence electrons. The van der Waals surface area contributed by atoms with Crippen molar-refractivity contribution < 1.29 is 9.47 Å². The van der Waals surface area contributed by atoms with E-state index in [4.69, 9.17) is 15.2 Å². The van der Waals surface area contributed by atoms with Gasteiger partial charge in [0.2, 0.25) is 0 Å². The minimum atomic E-state index is 0.337. The number of methoxy groups -OCH3 is 1. The summed E-state index contributed by atoms with van der Waals surface area (Å²) in [6.45, 7) is 0.337. The average molecular weight is 219 g/mol. The fourth-order valence-electron chi connectivity index (χ4n) is 1.26. The smallest absolute Gasteiger partial charge is 0.180 e. The highest BCUT2D eigenvalue weighted by Crippen LogP contribution is 2.17. The summed E-state index contributed by atoms with van der Waals surface area (Å²) in [4.78, 5) is 0. The number of benzene rings is 1. The van der Waals surface area contributed by atoms with Crippen LogP contribution in [0.5, 0.6) is 11.5 Å². The number of ether oxygens (including phenoxy) is 2. The molecule has 5 heteroatoms. The Bertz CT molecular complexity index is 451. The van der Waals surface area contributed by atoms with Crippen LogP contribution < -0.4 is 15.2 Å². The molecule has 0 saturated carbocycles. The first-order chi connectivity index (χ1) is 7.78. The molecule has 2 N–H and O–H groups in total. The van der Waals surface area contributed by atoms with Crippen molar-refractivity contribution in [2.45, 2.75) is 6.73 Å². The molecule has 0 aliphatic carbocycles. The van der Waals surface area contributed by atoms with Crippen molar-refractivity contribution in [1.29, 1.82) is 0 Å². The molecule has 1 heterocycles. The van der Waals surface area contributed by atoms with Gasteiger partial charge in [-0.05, 0) is 24.3 Å². The van der Waals surface area contributed by atoms with E-state index in [1.54, 1.807) is 24.1 Å². The normalized spacial score (nSPS) is 10.1. The average Bonchev–Trinajstić information content (AvgIpc) is 2.73. The van der Waals surface area contributed by atoms with Crippen molar-refractivity contribution in [3.8, 4) is 11.5 Å². The summed E-state index contributed by atoms with van der Waals surface area (Å²) in [7, 11) is 1.63. The summed E-state index contributed by atoms with van der Waals surface area (Å²) in [5.41, 5.74) is 5.48. The Labute approximate surface area is 93.4 Å². The summed E-state index contributed by atoms with van der Waals surface area (Å²) < 4.78 is 12.2. The second-order valence-corrected chi connectivity index (χ2v) is 3.23. The highest BCUT2D eigenvalue weighted by atomic mass is 16.5. The number of anilines is 1. The van der Waals surface area contributed by atoms with Crippen LogP contribution in [0.1, 0.15) is 0 Å². The molecule has 0 radical (unpaired) electrons. The molecule has 0 fully saturated rings. The molecule has 0 aliphatic heterocycles.